The van der Waals surface area contributed by atoms with Gasteiger partial charge in [0, 0.05) is 11.5 Å². The van der Waals surface area contributed by atoms with E-state index in [4.69, 9.17) is 4.74 Å². The maximum absolute atomic E-state index is 11.6. The number of fused-ring (bicyclic) bond motifs is 1. The average molecular weight is 599 g/mol. The zero-order valence-corrected chi connectivity index (χ0v) is 28.6. The first-order valence-corrected chi connectivity index (χ1v) is 13.1. The molecule has 13 nitrogen and oxygen atoms in total. The minimum Gasteiger partial charge on any atom is -0.744 e. The van der Waals surface area contributed by atoms with Crippen LogP contribution in [-0.4, -0.2) is 51.1 Å². The maximum atomic E-state index is 11.6. The van der Waals surface area contributed by atoms with Crippen molar-refractivity contribution in [2.24, 2.45) is 10.2 Å². The molecule has 0 aliphatic rings. The van der Waals surface area contributed by atoms with Crippen LogP contribution in [0.3, 0.4) is 0 Å². The first kappa shape index (κ1) is 36.8. The molecule has 2 N–H and O–H groups in total. The molecule has 0 aromatic heterocycles. The Labute approximate surface area is 278 Å². The van der Waals surface area contributed by atoms with Crippen molar-refractivity contribution in [3.63, 3.8) is 0 Å². The van der Waals surface area contributed by atoms with E-state index in [1.807, 2.05) is 0 Å². The summed E-state index contributed by atoms with van der Waals surface area (Å²) in [4.78, 5) is -2.33. The molecule has 0 bridgehead atoms. The summed E-state index contributed by atoms with van der Waals surface area (Å²) in [6.07, 6.45) is 0. The molecule has 37 heavy (non-hydrogen) atoms. The summed E-state index contributed by atoms with van der Waals surface area (Å²) < 4.78 is 106. The Morgan fingerprint density at radius 3 is 1.92 bits per heavy atom. The summed E-state index contributed by atoms with van der Waals surface area (Å²) >= 11 is 0. The van der Waals surface area contributed by atoms with Gasteiger partial charge in [0.05, 0.1) is 16.9 Å². The van der Waals surface area contributed by atoms with Crippen molar-refractivity contribution in [2.45, 2.75) is 21.6 Å². The summed E-state index contributed by atoms with van der Waals surface area (Å²) in [5.74, 6) is -1.26. The molecule has 3 aromatic carbocycles. The second-order valence-electron chi connectivity index (χ2n) is 6.83. The third-order valence-corrected chi connectivity index (χ3v) is 7.27. The van der Waals surface area contributed by atoms with E-state index < -0.39 is 56.5 Å². The number of phenols is 1. The van der Waals surface area contributed by atoms with Gasteiger partial charge in [-0.15, -0.1) is 10.2 Å². The molecule has 0 aliphatic heterocycles. The van der Waals surface area contributed by atoms with Gasteiger partial charge in [0.2, 0.25) is 0 Å². The number of aromatic hydroxyl groups is 1. The smallest absolute Gasteiger partial charge is 0.744 e. The molecule has 0 saturated carbocycles. The van der Waals surface area contributed by atoms with E-state index in [0.717, 1.165) is 24.3 Å². The minimum absolute atomic E-state index is 0. The van der Waals surface area contributed by atoms with E-state index in [0.29, 0.717) is 6.07 Å². The second-order valence-corrected chi connectivity index (χ2v) is 10.9. The van der Waals surface area contributed by atoms with Crippen LogP contribution in [0.25, 0.3) is 10.8 Å². The Morgan fingerprint density at radius 1 is 0.838 bits per heavy atom. The van der Waals surface area contributed by atoms with Gasteiger partial charge in [0.1, 0.15) is 42.3 Å². The fourth-order valence-electron chi connectivity index (χ4n) is 3.05. The Balaban J connectivity index is 0.00000432. The van der Waals surface area contributed by atoms with Crippen LogP contribution in [-0.2, 0) is 30.4 Å². The summed E-state index contributed by atoms with van der Waals surface area (Å²) in [5.41, 5.74) is -0.609. The van der Waals surface area contributed by atoms with Crippen LogP contribution in [0.1, 0.15) is 5.56 Å². The van der Waals surface area contributed by atoms with E-state index in [1.54, 1.807) is 0 Å². The van der Waals surface area contributed by atoms with E-state index >= 15 is 0 Å². The largest absolute Gasteiger partial charge is 1.00 e. The predicted molar refractivity (Wildman–Crippen MR) is 113 cm³/mol. The van der Waals surface area contributed by atoms with Crippen LogP contribution in [0.4, 0.5) is 11.4 Å². The fourth-order valence-corrected chi connectivity index (χ4v) is 4.89. The molecule has 19 heteroatoms. The third kappa shape index (κ3) is 8.42. The topological polar surface area (TPSA) is 223 Å². The molecular formula is C18H14N2Na3O11S3+. The molecule has 0 heterocycles. The van der Waals surface area contributed by atoms with Gasteiger partial charge in [0.15, 0.2) is 5.75 Å². The number of hydrogen-bond acceptors (Lipinski definition) is 12. The van der Waals surface area contributed by atoms with Gasteiger partial charge < -0.3 is 18.9 Å². The first-order chi connectivity index (χ1) is 15.5. The average Bonchev–Trinajstić information content (AvgIpc) is 2.70. The third-order valence-electron chi connectivity index (χ3n) is 4.59. The fraction of sp³-hybridized carbons (Fsp3) is 0.111. The van der Waals surface area contributed by atoms with Crippen LogP contribution in [0.2, 0.25) is 0 Å². The second kappa shape index (κ2) is 13.5. The first-order valence-electron chi connectivity index (χ1n) is 8.83. The van der Waals surface area contributed by atoms with Crippen LogP contribution in [0.5, 0.6) is 11.5 Å². The molecule has 3 rings (SSSR count). The quantitative estimate of drug-likeness (QED) is 0.154. The molecule has 182 valence electrons. The minimum atomic E-state index is -5.27. The van der Waals surface area contributed by atoms with Crippen molar-refractivity contribution in [1.82, 2.24) is 0 Å². The number of phenolic OH excluding ortho intramolecular Hbond substituents is 1. The van der Waals surface area contributed by atoms with Gasteiger partial charge in [-0.25, -0.2) is 16.8 Å². The van der Waals surface area contributed by atoms with Crippen LogP contribution < -0.4 is 93.4 Å². The summed E-state index contributed by atoms with van der Waals surface area (Å²) in [6, 6.07) is 5.56. The predicted octanol–water partition coefficient (Wildman–Crippen LogP) is -6.66. The van der Waals surface area contributed by atoms with Gasteiger partial charge in [-0.1, -0.05) is 6.07 Å². The number of nitrogens with zero attached hydrogens (tertiary/aromatic N) is 2. The number of aryl methyl sites for hydroxylation is 1. The summed E-state index contributed by atoms with van der Waals surface area (Å²) in [5, 5.41) is 17.7. The van der Waals surface area contributed by atoms with E-state index in [1.165, 1.54) is 20.1 Å². The van der Waals surface area contributed by atoms with Crippen molar-refractivity contribution in [3.05, 3.63) is 42.0 Å². The van der Waals surface area contributed by atoms with E-state index in [2.05, 4.69) is 10.2 Å². The Bertz CT molecular complexity index is 1690. The Morgan fingerprint density at radius 2 is 1.43 bits per heavy atom. The molecular weight excluding hydrogens is 585 g/mol. The number of benzene rings is 3. The van der Waals surface area contributed by atoms with Gasteiger partial charge in [-0.3, -0.25) is 4.55 Å². The molecule has 0 amide bonds. The van der Waals surface area contributed by atoms with Crippen molar-refractivity contribution in [3.8, 4) is 11.5 Å². The molecule has 3 aromatic rings. The van der Waals surface area contributed by atoms with Gasteiger partial charge in [-0.05, 0) is 42.1 Å². The monoisotopic (exact) mass is 599 g/mol. The van der Waals surface area contributed by atoms with Crippen molar-refractivity contribution < 1.29 is 137 Å². The van der Waals surface area contributed by atoms with Gasteiger partial charge >= 0.3 is 88.7 Å². The van der Waals surface area contributed by atoms with Gasteiger partial charge in [-0.2, -0.15) is 8.42 Å². The molecule has 0 atom stereocenters. The van der Waals surface area contributed by atoms with Crippen LogP contribution >= 0.6 is 0 Å². The Hall–Kier alpha value is -0.150. The standard InChI is InChI=1S/C18H16N2O11S3.3Na/c1-9-5-13(14(31-2)8-15(9)33(25,26)27)19-20-17-12-4-3-11(32(22,23)24)6-10(12)7-16(18(17)21)34(28,29)30;;;/h3-8,21H,1-2H3,(H,22,23,24)(H,25,26,27)(H,28,29,30);;;/q;3*+1/p-2. The zero-order chi connectivity index (χ0) is 25.6. The van der Waals surface area contributed by atoms with Crippen molar-refractivity contribution in [2.75, 3.05) is 7.11 Å². The number of rotatable bonds is 6. The normalized spacial score (nSPS) is 11.9. The molecule has 0 saturated heterocycles. The summed E-state index contributed by atoms with van der Waals surface area (Å²) in [6.45, 7) is 1.34. The Kier molecular flexibility index (Phi) is 13.4. The SMILES string of the molecule is COc1cc(S(=O)(=O)O)c(C)cc1N=Nc1c(O)c(S(=O)(=O)[O-])cc2cc(S(=O)(=O)[O-])ccc12.[Na+].[Na+].[Na+]. The number of ether oxygens (including phenoxy) is 1. The van der Waals surface area contributed by atoms with Crippen molar-refractivity contribution >= 4 is 52.5 Å². The molecule has 0 radical (unpaired) electrons. The van der Waals surface area contributed by atoms with Crippen LogP contribution in [0.15, 0.2) is 61.3 Å². The zero-order valence-electron chi connectivity index (χ0n) is 20.2. The number of methoxy groups -OCH3 is 1. The molecule has 0 aliphatic carbocycles. The number of azo groups is 1. The molecule has 0 spiro atoms. The van der Waals surface area contributed by atoms with Crippen molar-refractivity contribution in [1.29, 1.82) is 0 Å². The van der Waals surface area contributed by atoms with E-state index in [-0.39, 0.29) is 116 Å². The number of hydrogen-bond donors (Lipinski definition) is 2. The summed E-state index contributed by atoms with van der Waals surface area (Å²) in [7, 11) is -13.6. The molecule has 0 fully saturated rings. The van der Waals surface area contributed by atoms with Crippen LogP contribution in [0, 0.1) is 6.92 Å². The molecule has 0 unspecified atom stereocenters. The van der Waals surface area contributed by atoms with Gasteiger partial charge in [0.25, 0.3) is 10.1 Å². The van der Waals surface area contributed by atoms with E-state index in [9.17, 15) is 44.0 Å². The maximum Gasteiger partial charge on any atom is 1.00 e.